The molecule has 10 heteroatoms. The van der Waals surface area contributed by atoms with Crippen LogP contribution in [0.25, 0.3) is 0 Å². The van der Waals surface area contributed by atoms with Gasteiger partial charge >= 0.3 is 0 Å². The van der Waals surface area contributed by atoms with E-state index < -0.39 is 20.9 Å². The largest absolute Gasteiger partial charge is 0.399 e. The lowest BCUT2D eigenvalue weighted by Gasteiger charge is -2.16. The molecule has 0 bridgehead atoms. The minimum absolute atomic E-state index is 0.0159. The molecule has 1 aromatic carbocycles. The smallest absolute Gasteiger partial charge is 0.295 e. The topological polar surface area (TPSA) is 150 Å². The molecule has 1 aliphatic heterocycles. The zero-order valence-electron chi connectivity index (χ0n) is 10.9. The number of primary sulfonamides is 1. The third kappa shape index (κ3) is 3.47. The molecule has 0 aromatic heterocycles. The molecule has 1 aromatic rings. The lowest BCUT2D eigenvalue weighted by Crippen LogP contribution is -2.28. The van der Waals surface area contributed by atoms with Gasteiger partial charge in [-0.05, 0) is 12.1 Å². The second-order valence-corrected chi connectivity index (χ2v) is 6.57. The summed E-state index contributed by atoms with van der Waals surface area (Å²) in [5.74, 6) is -1.20. The van der Waals surface area contributed by atoms with Crippen LogP contribution >= 0.6 is 0 Å². The van der Waals surface area contributed by atoms with Crippen molar-refractivity contribution in [2.45, 2.75) is 6.42 Å². The summed E-state index contributed by atoms with van der Waals surface area (Å²) < 4.78 is 22.2. The third-order valence-electron chi connectivity index (χ3n) is 3.16. The number of hydrogen-bond donors (Lipinski definition) is 2. The number of nitrogen functional groups attached to an aromatic ring is 1. The van der Waals surface area contributed by atoms with E-state index in [1.165, 1.54) is 17.0 Å². The summed E-state index contributed by atoms with van der Waals surface area (Å²) >= 11 is 0. The maximum Gasteiger partial charge on any atom is 0.295 e. The number of benzene rings is 1. The zero-order valence-corrected chi connectivity index (χ0v) is 11.7. The van der Waals surface area contributed by atoms with Crippen LogP contribution in [-0.4, -0.2) is 31.5 Å². The van der Waals surface area contributed by atoms with Crippen molar-refractivity contribution < 1.29 is 18.1 Å². The molecule has 1 atom stereocenters. The molecule has 0 aliphatic carbocycles. The van der Waals surface area contributed by atoms with Crippen molar-refractivity contribution in [1.82, 2.24) is 0 Å². The van der Waals surface area contributed by atoms with Gasteiger partial charge in [0.25, 0.3) is 5.69 Å². The van der Waals surface area contributed by atoms with Crippen LogP contribution < -0.4 is 15.8 Å². The van der Waals surface area contributed by atoms with Crippen LogP contribution in [0.5, 0.6) is 0 Å². The van der Waals surface area contributed by atoms with Gasteiger partial charge in [0.05, 0.1) is 10.7 Å². The number of rotatable bonds is 4. The van der Waals surface area contributed by atoms with Gasteiger partial charge in [-0.3, -0.25) is 14.9 Å². The number of nitrogens with two attached hydrogens (primary N) is 2. The molecule has 1 fully saturated rings. The molecule has 114 valence electrons. The van der Waals surface area contributed by atoms with Crippen LogP contribution in [0.15, 0.2) is 18.2 Å². The number of amides is 1. The van der Waals surface area contributed by atoms with Crippen LogP contribution in [0.3, 0.4) is 0 Å². The average molecular weight is 314 g/mol. The highest BCUT2D eigenvalue weighted by Crippen LogP contribution is 2.34. The molecule has 0 spiro atoms. The van der Waals surface area contributed by atoms with Crippen molar-refractivity contribution in [3.8, 4) is 0 Å². The number of nitro groups is 1. The molecular weight excluding hydrogens is 300 g/mol. The fraction of sp³-hybridized carbons (Fsp3) is 0.364. The monoisotopic (exact) mass is 314 g/mol. The van der Waals surface area contributed by atoms with Gasteiger partial charge in [-0.2, -0.15) is 0 Å². The Morgan fingerprint density at radius 3 is 2.67 bits per heavy atom. The molecule has 1 heterocycles. The SMILES string of the molecule is Nc1ccc(N2CC(CS(N)(=O)=O)CC2=O)c([N+](=O)[O-])c1. The first-order chi connectivity index (χ1) is 9.67. The van der Waals surface area contributed by atoms with Crippen LogP contribution in [0.1, 0.15) is 6.42 Å². The second-order valence-electron chi connectivity index (χ2n) is 4.91. The van der Waals surface area contributed by atoms with E-state index in [-0.39, 0.29) is 41.7 Å². The highest BCUT2D eigenvalue weighted by Gasteiger charge is 2.35. The number of anilines is 2. The molecule has 9 nitrogen and oxygen atoms in total. The Kier molecular flexibility index (Phi) is 3.83. The molecule has 2 rings (SSSR count). The van der Waals surface area contributed by atoms with E-state index in [2.05, 4.69) is 0 Å². The quantitative estimate of drug-likeness (QED) is 0.447. The highest BCUT2D eigenvalue weighted by molar-refractivity contribution is 7.89. The summed E-state index contributed by atoms with van der Waals surface area (Å²) in [5.41, 5.74) is 5.53. The summed E-state index contributed by atoms with van der Waals surface area (Å²) in [7, 11) is -3.70. The summed E-state index contributed by atoms with van der Waals surface area (Å²) in [6.07, 6.45) is -0.0159. The van der Waals surface area contributed by atoms with Crippen molar-refractivity contribution in [3.05, 3.63) is 28.3 Å². The summed E-state index contributed by atoms with van der Waals surface area (Å²) in [6.45, 7) is 0.0695. The van der Waals surface area contributed by atoms with Gasteiger partial charge in [-0.1, -0.05) is 0 Å². The van der Waals surface area contributed by atoms with Gasteiger partial charge < -0.3 is 10.6 Å². The Hall–Kier alpha value is -2.20. The van der Waals surface area contributed by atoms with E-state index in [1.807, 2.05) is 0 Å². The normalized spacial score (nSPS) is 19.0. The van der Waals surface area contributed by atoms with Crippen LogP contribution in [-0.2, 0) is 14.8 Å². The van der Waals surface area contributed by atoms with Gasteiger partial charge in [-0.15, -0.1) is 0 Å². The number of carbonyl (C=O) groups is 1. The minimum Gasteiger partial charge on any atom is -0.399 e. The predicted molar refractivity (Wildman–Crippen MR) is 75.9 cm³/mol. The summed E-state index contributed by atoms with van der Waals surface area (Å²) in [5, 5.41) is 16.0. The van der Waals surface area contributed by atoms with E-state index in [1.54, 1.807) is 0 Å². The number of sulfonamides is 1. The van der Waals surface area contributed by atoms with Gasteiger partial charge in [-0.25, -0.2) is 13.6 Å². The Morgan fingerprint density at radius 2 is 2.10 bits per heavy atom. The number of carbonyl (C=O) groups excluding carboxylic acids is 1. The fourth-order valence-corrected chi connectivity index (χ4v) is 3.25. The number of nitrogens with zero attached hydrogens (tertiary/aromatic N) is 2. The van der Waals surface area contributed by atoms with Crippen molar-refractivity contribution >= 4 is 33.0 Å². The molecule has 1 unspecified atom stereocenters. The molecular formula is C11H14N4O5S. The standard InChI is InChI=1S/C11H14N4O5S/c12-8-1-2-9(10(4-8)15(17)18)14-5-7(3-11(14)16)6-21(13,19)20/h1-2,4,7H,3,5-6,12H2,(H2,13,19,20). The Labute approximate surface area is 120 Å². The molecule has 21 heavy (non-hydrogen) atoms. The summed E-state index contributed by atoms with van der Waals surface area (Å²) in [4.78, 5) is 23.6. The van der Waals surface area contributed by atoms with Gasteiger partial charge in [0.2, 0.25) is 15.9 Å². The average Bonchev–Trinajstić information content (AvgIpc) is 2.67. The van der Waals surface area contributed by atoms with Gasteiger partial charge in [0, 0.05) is 30.6 Å². The van der Waals surface area contributed by atoms with E-state index in [9.17, 15) is 23.3 Å². The van der Waals surface area contributed by atoms with E-state index >= 15 is 0 Å². The lowest BCUT2D eigenvalue weighted by atomic mass is 10.1. The zero-order chi connectivity index (χ0) is 15.8. The Balaban J connectivity index is 2.31. The summed E-state index contributed by atoms with van der Waals surface area (Å²) in [6, 6.07) is 3.99. The van der Waals surface area contributed by atoms with Crippen LogP contribution in [0.4, 0.5) is 17.1 Å². The Morgan fingerprint density at radius 1 is 1.43 bits per heavy atom. The van der Waals surface area contributed by atoms with Crippen LogP contribution in [0.2, 0.25) is 0 Å². The molecule has 1 saturated heterocycles. The fourth-order valence-electron chi connectivity index (χ4n) is 2.37. The first-order valence-corrected chi connectivity index (χ1v) is 7.73. The van der Waals surface area contributed by atoms with Gasteiger partial charge in [0.1, 0.15) is 5.69 Å². The maximum absolute atomic E-state index is 12.0. The number of nitro benzene ring substituents is 1. The van der Waals surface area contributed by atoms with Crippen molar-refractivity contribution in [2.24, 2.45) is 11.1 Å². The first kappa shape index (κ1) is 15.2. The van der Waals surface area contributed by atoms with E-state index in [0.717, 1.165) is 6.07 Å². The Bertz CT molecular complexity index is 703. The second kappa shape index (κ2) is 5.30. The maximum atomic E-state index is 12.0. The molecule has 1 aliphatic rings. The molecule has 0 saturated carbocycles. The van der Waals surface area contributed by atoms with Crippen molar-refractivity contribution in [2.75, 3.05) is 22.9 Å². The van der Waals surface area contributed by atoms with Gasteiger partial charge in [0.15, 0.2) is 0 Å². The molecule has 0 radical (unpaired) electrons. The molecule has 1 amide bonds. The number of hydrogen-bond acceptors (Lipinski definition) is 6. The van der Waals surface area contributed by atoms with Crippen molar-refractivity contribution in [3.63, 3.8) is 0 Å². The minimum atomic E-state index is -3.70. The van der Waals surface area contributed by atoms with Crippen molar-refractivity contribution in [1.29, 1.82) is 0 Å². The predicted octanol–water partition coefficient (Wildman–Crippen LogP) is -0.182. The third-order valence-corrected chi connectivity index (χ3v) is 4.10. The van der Waals surface area contributed by atoms with E-state index in [4.69, 9.17) is 10.9 Å². The molecule has 4 N–H and O–H groups in total. The first-order valence-electron chi connectivity index (χ1n) is 6.02. The highest BCUT2D eigenvalue weighted by atomic mass is 32.2. The lowest BCUT2D eigenvalue weighted by molar-refractivity contribution is -0.384. The van der Waals surface area contributed by atoms with Crippen LogP contribution in [0, 0.1) is 16.0 Å². The van der Waals surface area contributed by atoms with E-state index in [0.29, 0.717) is 0 Å².